The number of esters is 1. The summed E-state index contributed by atoms with van der Waals surface area (Å²) < 4.78 is 5.36. The molecule has 2 aromatic rings. The van der Waals surface area contributed by atoms with Gasteiger partial charge in [-0.25, -0.2) is 4.79 Å². The van der Waals surface area contributed by atoms with Crippen LogP contribution in [0.3, 0.4) is 0 Å². The van der Waals surface area contributed by atoms with E-state index in [2.05, 4.69) is 4.90 Å². The first-order valence-electron chi connectivity index (χ1n) is 10.8. The van der Waals surface area contributed by atoms with Crippen molar-refractivity contribution in [3.63, 3.8) is 0 Å². The highest BCUT2D eigenvalue weighted by Crippen LogP contribution is 2.28. The van der Waals surface area contributed by atoms with Crippen molar-refractivity contribution in [3.8, 4) is 0 Å². The Morgan fingerprint density at radius 2 is 1.97 bits per heavy atom. The number of carbonyl (C=O) groups is 2. The maximum atomic E-state index is 13.2. The number of aromatic nitrogens is 1. The van der Waals surface area contributed by atoms with E-state index < -0.39 is 0 Å². The van der Waals surface area contributed by atoms with Crippen LogP contribution in [0.2, 0.25) is 0 Å². The van der Waals surface area contributed by atoms with Crippen molar-refractivity contribution >= 4 is 34.5 Å². The van der Waals surface area contributed by atoms with Gasteiger partial charge in [0.15, 0.2) is 0 Å². The van der Waals surface area contributed by atoms with Gasteiger partial charge in [-0.3, -0.25) is 14.7 Å². The molecule has 1 aromatic heterocycles. The van der Waals surface area contributed by atoms with Crippen LogP contribution >= 0.6 is 11.8 Å². The van der Waals surface area contributed by atoms with Crippen LogP contribution in [0.1, 0.15) is 41.4 Å². The highest BCUT2D eigenvalue weighted by Gasteiger charge is 2.35. The summed E-state index contributed by atoms with van der Waals surface area (Å²) in [5.74, 6) is 1.91. The largest absolute Gasteiger partial charge is 0.462 e. The molecule has 0 N–H and O–H groups in total. The lowest BCUT2D eigenvalue weighted by Crippen LogP contribution is -2.48. The van der Waals surface area contributed by atoms with Gasteiger partial charge in [0.05, 0.1) is 29.4 Å². The fourth-order valence-corrected chi connectivity index (χ4v) is 5.41. The monoisotopic (exact) mass is 427 g/mol. The maximum absolute atomic E-state index is 13.2. The average Bonchev–Trinajstić information content (AvgIpc) is 3.22. The summed E-state index contributed by atoms with van der Waals surface area (Å²) in [6, 6.07) is 7.74. The number of ether oxygens (including phenoxy) is 1. The number of carbonyl (C=O) groups excluding carboxylic acids is 2. The number of hydrogen-bond acceptors (Lipinski definition) is 6. The lowest BCUT2D eigenvalue weighted by molar-refractivity contribution is -0.135. The zero-order chi connectivity index (χ0) is 21.1. The van der Waals surface area contributed by atoms with Gasteiger partial charge in [0.25, 0.3) is 0 Å². The molecule has 0 spiro atoms. The number of rotatable bonds is 5. The Morgan fingerprint density at radius 3 is 2.73 bits per heavy atom. The summed E-state index contributed by atoms with van der Waals surface area (Å²) in [6.45, 7) is 7.08. The molecule has 2 fully saturated rings. The van der Waals surface area contributed by atoms with E-state index in [0.29, 0.717) is 24.4 Å². The molecule has 1 amide bonds. The molecule has 7 heteroatoms. The van der Waals surface area contributed by atoms with Crippen molar-refractivity contribution in [3.05, 3.63) is 41.1 Å². The average molecular weight is 428 g/mol. The second-order valence-electron chi connectivity index (χ2n) is 7.86. The second-order valence-corrected chi connectivity index (χ2v) is 9.09. The lowest BCUT2D eigenvalue weighted by atomic mass is 10.0. The van der Waals surface area contributed by atoms with Gasteiger partial charge in [-0.2, -0.15) is 11.8 Å². The number of amides is 1. The zero-order valence-electron chi connectivity index (χ0n) is 17.7. The van der Waals surface area contributed by atoms with Gasteiger partial charge >= 0.3 is 5.97 Å². The normalized spacial score (nSPS) is 19.9. The van der Waals surface area contributed by atoms with Gasteiger partial charge in [-0.15, -0.1) is 0 Å². The lowest BCUT2D eigenvalue weighted by Gasteiger charge is -2.32. The van der Waals surface area contributed by atoms with Gasteiger partial charge in [0, 0.05) is 36.5 Å². The van der Waals surface area contributed by atoms with Gasteiger partial charge in [0.1, 0.15) is 0 Å². The van der Waals surface area contributed by atoms with Crippen molar-refractivity contribution in [1.82, 2.24) is 14.8 Å². The third kappa shape index (κ3) is 4.18. The maximum Gasteiger partial charge on any atom is 0.340 e. The molecule has 2 aliphatic rings. The van der Waals surface area contributed by atoms with Crippen molar-refractivity contribution in [2.75, 3.05) is 37.7 Å². The summed E-state index contributed by atoms with van der Waals surface area (Å²) in [4.78, 5) is 35.0. The molecule has 1 unspecified atom stereocenters. The Bertz CT molecular complexity index is 943. The van der Waals surface area contributed by atoms with Crippen LogP contribution in [0, 0.1) is 6.92 Å². The summed E-state index contributed by atoms with van der Waals surface area (Å²) in [5, 5.41) is 0.962. The van der Waals surface area contributed by atoms with Crippen LogP contribution in [-0.2, 0) is 16.1 Å². The van der Waals surface area contributed by atoms with Crippen molar-refractivity contribution in [2.24, 2.45) is 0 Å². The van der Waals surface area contributed by atoms with Crippen molar-refractivity contribution < 1.29 is 14.3 Å². The molecule has 1 aromatic carbocycles. The molecule has 0 bridgehead atoms. The van der Waals surface area contributed by atoms with Crippen molar-refractivity contribution in [1.29, 1.82) is 0 Å². The number of pyridine rings is 1. The van der Waals surface area contributed by atoms with Crippen molar-refractivity contribution in [2.45, 2.75) is 39.3 Å². The van der Waals surface area contributed by atoms with E-state index in [4.69, 9.17) is 9.72 Å². The smallest absolute Gasteiger partial charge is 0.340 e. The molecule has 0 aliphatic carbocycles. The third-order valence-corrected chi connectivity index (χ3v) is 6.97. The Balaban J connectivity index is 1.65. The van der Waals surface area contributed by atoms with Crippen LogP contribution in [0.25, 0.3) is 10.9 Å². The van der Waals surface area contributed by atoms with Gasteiger partial charge < -0.3 is 9.64 Å². The van der Waals surface area contributed by atoms with E-state index in [1.807, 2.05) is 54.8 Å². The van der Waals surface area contributed by atoms with E-state index in [0.717, 1.165) is 60.4 Å². The molecule has 160 valence electrons. The molecule has 1 atom stereocenters. The van der Waals surface area contributed by atoms with Crippen LogP contribution in [0.15, 0.2) is 24.3 Å². The van der Waals surface area contributed by atoms with E-state index in [1.165, 1.54) is 0 Å². The van der Waals surface area contributed by atoms with Crippen LogP contribution in [-0.4, -0.2) is 70.4 Å². The van der Waals surface area contributed by atoms with Crippen LogP contribution in [0.4, 0.5) is 0 Å². The van der Waals surface area contributed by atoms with Gasteiger partial charge in [-0.1, -0.05) is 18.2 Å². The van der Waals surface area contributed by atoms with E-state index >= 15 is 0 Å². The standard InChI is InChI=1S/C23H29N3O3S/c1-3-29-23(28)21-16(2)17-7-4-5-8-18(17)24-19(21)15-26-10-6-9-20(26)22(27)25-11-13-30-14-12-25/h4-5,7-8,20H,3,6,9-15H2,1-2H3. The molecule has 6 nitrogen and oxygen atoms in total. The predicted octanol–water partition coefficient (Wildman–Crippen LogP) is 3.26. The third-order valence-electron chi connectivity index (χ3n) is 6.03. The first-order valence-corrected chi connectivity index (χ1v) is 11.9. The molecule has 0 saturated carbocycles. The predicted molar refractivity (Wildman–Crippen MR) is 120 cm³/mol. The number of nitrogens with zero attached hydrogens (tertiary/aromatic N) is 3. The van der Waals surface area contributed by atoms with E-state index in [9.17, 15) is 9.59 Å². The molecule has 3 heterocycles. The quantitative estimate of drug-likeness (QED) is 0.683. The Labute approximate surface area is 182 Å². The zero-order valence-corrected chi connectivity index (χ0v) is 18.5. The number of fused-ring (bicyclic) bond motifs is 1. The number of benzene rings is 1. The molecular formula is C23H29N3O3S. The minimum Gasteiger partial charge on any atom is -0.462 e. The van der Waals surface area contributed by atoms with Gasteiger partial charge in [-0.05, 0) is 44.9 Å². The fraction of sp³-hybridized carbons (Fsp3) is 0.522. The molecule has 30 heavy (non-hydrogen) atoms. The first kappa shape index (κ1) is 21.1. The van der Waals surface area contributed by atoms with Crippen LogP contribution in [0.5, 0.6) is 0 Å². The summed E-state index contributed by atoms with van der Waals surface area (Å²) in [6.07, 6.45) is 1.85. The highest BCUT2D eigenvalue weighted by molar-refractivity contribution is 7.99. The molecular weight excluding hydrogens is 398 g/mol. The SMILES string of the molecule is CCOC(=O)c1c(CN2CCCC2C(=O)N2CCSCC2)nc2ccccc2c1C. The molecule has 0 radical (unpaired) electrons. The topological polar surface area (TPSA) is 62.7 Å². The molecule has 2 saturated heterocycles. The van der Waals surface area contributed by atoms with E-state index in [1.54, 1.807) is 0 Å². The highest BCUT2D eigenvalue weighted by atomic mass is 32.2. The molecule has 2 aliphatic heterocycles. The number of aryl methyl sites for hydroxylation is 1. The second kappa shape index (κ2) is 9.35. The summed E-state index contributed by atoms with van der Waals surface area (Å²) in [7, 11) is 0. The Hall–Kier alpha value is -2.12. The van der Waals surface area contributed by atoms with E-state index in [-0.39, 0.29) is 17.9 Å². The summed E-state index contributed by atoms with van der Waals surface area (Å²) >= 11 is 1.91. The number of likely N-dealkylation sites (tertiary alicyclic amines) is 1. The first-order chi connectivity index (χ1) is 14.6. The summed E-state index contributed by atoms with van der Waals surface area (Å²) in [5.41, 5.74) is 3.01. The number of thioether (sulfide) groups is 1. The molecule has 4 rings (SSSR count). The van der Waals surface area contributed by atoms with Crippen LogP contribution < -0.4 is 0 Å². The number of para-hydroxylation sites is 1. The number of hydrogen-bond donors (Lipinski definition) is 0. The Morgan fingerprint density at radius 1 is 1.20 bits per heavy atom. The Kier molecular flexibility index (Phi) is 6.58. The minimum absolute atomic E-state index is 0.128. The minimum atomic E-state index is -0.335. The fourth-order valence-electron chi connectivity index (χ4n) is 4.51. The van der Waals surface area contributed by atoms with Gasteiger partial charge in [0.2, 0.25) is 5.91 Å².